The average Bonchev–Trinajstić information content (AvgIpc) is 2.36. The lowest BCUT2D eigenvalue weighted by atomic mass is 9.88. The van der Waals surface area contributed by atoms with Crippen LogP contribution in [0.15, 0.2) is 18.2 Å². The smallest absolute Gasteiger partial charge is 0.124 e. The minimum absolute atomic E-state index is 0.0209. The predicted molar refractivity (Wildman–Crippen MR) is 85.0 cm³/mol. The SMILES string of the molecule is CCCNC(Cc1ccc(F)cc1Cl)C(C)(C)N(C)C. The van der Waals surface area contributed by atoms with E-state index in [9.17, 15) is 4.39 Å². The molecule has 1 unspecified atom stereocenters. The topological polar surface area (TPSA) is 15.3 Å². The average molecular weight is 301 g/mol. The summed E-state index contributed by atoms with van der Waals surface area (Å²) >= 11 is 6.16. The highest BCUT2D eigenvalue weighted by molar-refractivity contribution is 6.31. The Morgan fingerprint density at radius 2 is 2.00 bits per heavy atom. The first-order chi connectivity index (χ1) is 9.28. The van der Waals surface area contributed by atoms with E-state index in [1.165, 1.54) is 12.1 Å². The van der Waals surface area contributed by atoms with E-state index in [1.54, 1.807) is 6.07 Å². The lowest BCUT2D eigenvalue weighted by molar-refractivity contribution is 0.137. The van der Waals surface area contributed by atoms with Crippen LogP contribution >= 0.6 is 11.6 Å². The number of rotatable bonds is 7. The fourth-order valence-corrected chi connectivity index (χ4v) is 2.35. The van der Waals surface area contributed by atoms with Gasteiger partial charge in [-0.1, -0.05) is 24.6 Å². The van der Waals surface area contributed by atoms with Crippen molar-refractivity contribution in [1.82, 2.24) is 10.2 Å². The molecule has 0 radical (unpaired) electrons. The Morgan fingerprint density at radius 3 is 2.50 bits per heavy atom. The lowest BCUT2D eigenvalue weighted by Gasteiger charge is -2.41. The van der Waals surface area contributed by atoms with Gasteiger partial charge in [0, 0.05) is 16.6 Å². The molecule has 20 heavy (non-hydrogen) atoms. The van der Waals surface area contributed by atoms with Crippen LogP contribution in [0.2, 0.25) is 5.02 Å². The van der Waals surface area contributed by atoms with Crippen LogP contribution in [0.25, 0.3) is 0 Å². The third kappa shape index (κ3) is 4.44. The third-order valence-electron chi connectivity index (χ3n) is 4.09. The molecule has 0 aliphatic carbocycles. The first-order valence-electron chi connectivity index (χ1n) is 7.13. The van der Waals surface area contributed by atoms with Gasteiger partial charge in [0.1, 0.15) is 5.82 Å². The van der Waals surface area contributed by atoms with Gasteiger partial charge < -0.3 is 10.2 Å². The molecule has 0 amide bonds. The fourth-order valence-electron chi connectivity index (χ4n) is 2.11. The molecule has 0 spiro atoms. The van der Waals surface area contributed by atoms with Crippen molar-refractivity contribution in [3.05, 3.63) is 34.6 Å². The van der Waals surface area contributed by atoms with Gasteiger partial charge in [0.05, 0.1) is 0 Å². The number of halogens is 2. The Kier molecular flexibility index (Phi) is 6.44. The van der Waals surface area contributed by atoms with Gasteiger partial charge in [-0.25, -0.2) is 4.39 Å². The number of nitrogens with zero attached hydrogens (tertiary/aromatic N) is 1. The summed E-state index contributed by atoms with van der Waals surface area (Å²) in [5.41, 5.74) is 0.962. The second-order valence-electron chi connectivity index (χ2n) is 5.99. The van der Waals surface area contributed by atoms with Crippen molar-refractivity contribution in [2.24, 2.45) is 0 Å². The van der Waals surface area contributed by atoms with E-state index in [4.69, 9.17) is 11.6 Å². The summed E-state index contributed by atoms with van der Waals surface area (Å²) in [5.74, 6) is -0.288. The van der Waals surface area contributed by atoms with Crippen LogP contribution in [-0.4, -0.2) is 37.1 Å². The zero-order valence-electron chi connectivity index (χ0n) is 13.1. The molecular weight excluding hydrogens is 275 g/mol. The molecule has 1 aromatic carbocycles. The zero-order valence-corrected chi connectivity index (χ0v) is 13.9. The molecule has 1 aromatic rings. The van der Waals surface area contributed by atoms with E-state index >= 15 is 0 Å². The molecular formula is C16H26ClFN2. The van der Waals surface area contributed by atoms with E-state index in [-0.39, 0.29) is 17.4 Å². The van der Waals surface area contributed by atoms with Crippen LogP contribution < -0.4 is 5.32 Å². The van der Waals surface area contributed by atoms with Crippen LogP contribution in [0, 0.1) is 5.82 Å². The minimum Gasteiger partial charge on any atom is -0.312 e. The molecule has 0 fully saturated rings. The molecule has 0 saturated heterocycles. The van der Waals surface area contributed by atoms with Crippen LogP contribution in [0.3, 0.4) is 0 Å². The van der Waals surface area contributed by atoms with Gasteiger partial charge in [-0.3, -0.25) is 0 Å². The van der Waals surface area contributed by atoms with Gasteiger partial charge >= 0.3 is 0 Å². The Hall–Kier alpha value is -0.640. The quantitative estimate of drug-likeness (QED) is 0.825. The normalized spacial score (nSPS) is 13.8. The Balaban J connectivity index is 2.94. The number of nitrogens with one attached hydrogen (secondary N) is 1. The first-order valence-corrected chi connectivity index (χ1v) is 7.51. The lowest BCUT2D eigenvalue weighted by Crippen LogP contribution is -2.56. The summed E-state index contributed by atoms with van der Waals surface area (Å²) < 4.78 is 13.1. The molecule has 0 heterocycles. The summed E-state index contributed by atoms with van der Waals surface area (Å²) in [5, 5.41) is 4.09. The molecule has 4 heteroatoms. The summed E-state index contributed by atoms with van der Waals surface area (Å²) in [6.45, 7) is 7.52. The van der Waals surface area contributed by atoms with Crippen molar-refractivity contribution in [2.45, 2.75) is 45.2 Å². The largest absolute Gasteiger partial charge is 0.312 e. The van der Waals surface area contributed by atoms with Gasteiger partial charge in [-0.05, 0) is 65.0 Å². The maximum absolute atomic E-state index is 13.1. The van der Waals surface area contributed by atoms with E-state index in [1.807, 2.05) is 0 Å². The highest BCUT2D eigenvalue weighted by Crippen LogP contribution is 2.24. The van der Waals surface area contributed by atoms with Crippen LogP contribution in [-0.2, 0) is 6.42 Å². The van der Waals surface area contributed by atoms with E-state index in [2.05, 4.69) is 45.1 Å². The number of hydrogen-bond donors (Lipinski definition) is 1. The van der Waals surface area contributed by atoms with Crippen molar-refractivity contribution in [3.63, 3.8) is 0 Å². The molecule has 114 valence electrons. The van der Waals surface area contributed by atoms with Crippen molar-refractivity contribution in [2.75, 3.05) is 20.6 Å². The molecule has 1 rings (SSSR count). The summed E-state index contributed by atoms with van der Waals surface area (Å²) in [7, 11) is 4.15. The summed E-state index contributed by atoms with van der Waals surface area (Å²) in [6, 6.07) is 4.89. The number of likely N-dealkylation sites (N-methyl/N-ethyl adjacent to an activating group) is 1. The van der Waals surface area contributed by atoms with Crippen molar-refractivity contribution < 1.29 is 4.39 Å². The van der Waals surface area contributed by atoms with Crippen LogP contribution in [0.4, 0.5) is 4.39 Å². The Bertz CT molecular complexity index is 432. The summed E-state index contributed by atoms with van der Waals surface area (Å²) in [4.78, 5) is 2.21. The van der Waals surface area contributed by atoms with E-state index in [0.717, 1.165) is 24.9 Å². The maximum atomic E-state index is 13.1. The fraction of sp³-hybridized carbons (Fsp3) is 0.625. The standard InChI is InChI=1S/C16H26ClFN2/c1-6-9-19-15(16(2,3)20(4)5)10-12-7-8-13(18)11-14(12)17/h7-8,11,15,19H,6,9-10H2,1-5H3. The maximum Gasteiger partial charge on any atom is 0.124 e. The predicted octanol–water partition coefficient (Wildman–Crippen LogP) is 3.73. The monoisotopic (exact) mass is 300 g/mol. The second kappa shape index (κ2) is 7.39. The van der Waals surface area contributed by atoms with Gasteiger partial charge in [-0.15, -0.1) is 0 Å². The molecule has 1 atom stereocenters. The summed E-state index contributed by atoms with van der Waals surface area (Å²) in [6.07, 6.45) is 1.86. The van der Waals surface area contributed by atoms with Crippen LogP contribution in [0.1, 0.15) is 32.8 Å². The minimum atomic E-state index is -0.288. The van der Waals surface area contributed by atoms with Gasteiger partial charge in [0.25, 0.3) is 0 Å². The molecule has 1 N–H and O–H groups in total. The van der Waals surface area contributed by atoms with Crippen molar-refractivity contribution >= 4 is 11.6 Å². The Labute approximate surface area is 127 Å². The zero-order chi connectivity index (χ0) is 15.3. The van der Waals surface area contributed by atoms with E-state index in [0.29, 0.717) is 5.02 Å². The van der Waals surface area contributed by atoms with Crippen molar-refractivity contribution in [1.29, 1.82) is 0 Å². The Morgan fingerprint density at radius 1 is 1.35 bits per heavy atom. The molecule has 0 aromatic heterocycles. The van der Waals surface area contributed by atoms with Gasteiger partial charge in [0.15, 0.2) is 0 Å². The molecule has 2 nitrogen and oxygen atoms in total. The highest BCUT2D eigenvalue weighted by Gasteiger charge is 2.31. The third-order valence-corrected chi connectivity index (χ3v) is 4.44. The van der Waals surface area contributed by atoms with Gasteiger partial charge in [-0.2, -0.15) is 0 Å². The molecule has 0 aliphatic rings. The van der Waals surface area contributed by atoms with E-state index < -0.39 is 0 Å². The first kappa shape index (κ1) is 17.4. The van der Waals surface area contributed by atoms with Crippen LogP contribution in [0.5, 0.6) is 0 Å². The molecule has 0 bridgehead atoms. The number of hydrogen-bond acceptors (Lipinski definition) is 2. The van der Waals surface area contributed by atoms with Crippen molar-refractivity contribution in [3.8, 4) is 0 Å². The highest BCUT2D eigenvalue weighted by atomic mass is 35.5. The molecule has 0 aliphatic heterocycles. The van der Waals surface area contributed by atoms with Gasteiger partial charge in [0.2, 0.25) is 0 Å². The number of benzene rings is 1. The molecule has 0 saturated carbocycles. The second-order valence-corrected chi connectivity index (χ2v) is 6.40.